The minimum atomic E-state index is 0.658. The normalized spacial score (nSPS) is 10.3. The molecule has 0 aliphatic rings. The van der Waals surface area contributed by atoms with Crippen LogP contribution in [0, 0.1) is 0 Å². The van der Waals surface area contributed by atoms with Gasteiger partial charge in [-0.25, -0.2) is 0 Å². The molecule has 0 saturated heterocycles. The first-order valence-electron chi connectivity index (χ1n) is 6.15. The number of aromatic nitrogens is 1. The molecule has 2 rings (SSSR count). The quantitative estimate of drug-likeness (QED) is 0.875. The molecule has 0 fully saturated rings. The summed E-state index contributed by atoms with van der Waals surface area (Å²) in [6.07, 6.45) is 3.60. The van der Waals surface area contributed by atoms with Gasteiger partial charge in [0.15, 0.2) is 0 Å². The van der Waals surface area contributed by atoms with Crippen LogP contribution < -0.4 is 10.1 Å². The van der Waals surface area contributed by atoms with Crippen LogP contribution in [0.1, 0.15) is 12.5 Å². The van der Waals surface area contributed by atoms with Gasteiger partial charge in [-0.1, -0.05) is 18.2 Å². The predicted molar refractivity (Wildman–Crippen MR) is 73.6 cm³/mol. The van der Waals surface area contributed by atoms with E-state index in [2.05, 4.69) is 34.6 Å². The molecule has 18 heavy (non-hydrogen) atoms. The highest BCUT2D eigenvalue weighted by molar-refractivity contribution is 5.64. The Morgan fingerprint density at radius 1 is 1.17 bits per heavy atom. The topological polar surface area (TPSA) is 34.1 Å². The van der Waals surface area contributed by atoms with Gasteiger partial charge in [0.25, 0.3) is 0 Å². The van der Waals surface area contributed by atoms with Crippen molar-refractivity contribution in [2.75, 3.05) is 13.7 Å². The third-order valence-electron chi connectivity index (χ3n) is 2.67. The molecule has 1 heterocycles. The number of ether oxygens (including phenoxy) is 1. The van der Waals surface area contributed by atoms with Gasteiger partial charge in [0.2, 0.25) is 0 Å². The van der Waals surface area contributed by atoms with Crippen molar-refractivity contribution < 1.29 is 4.74 Å². The maximum Gasteiger partial charge on any atom is 0.138 e. The highest BCUT2D eigenvalue weighted by Crippen LogP contribution is 2.23. The molecule has 2 aromatic rings. The molecule has 0 aliphatic heterocycles. The Balaban J connectivity index is 2.29. The number of nitrogens with zero attached hydrogens (tertiary/aromatic N) is 1. The first kappa shape index (κ1) is 12.6. The summed E-state index contributed by atoms with van der Waals surface area (Å²) in [5.74, 6) is 0.814. The molecule has 1 aromatic heterocycles. The number of rotatable bonds is 5. The van der Waals surface area contributed by atoms with Gasteiger partial charge in [-0.15, -0.1) is 0 Å². The summed E-state index contributed by atoms with van der Waals surface area (Å²) in [7, 11) is 1.95. The van der Waals surface area contributed by atoms with Gasteiger partial charge in [-0.3, -0.25) is 4.98 Å². The van der Waals surface area contributed by atoms with E-state index < -0.39 is 0 Å². The van der Waals surface area contributed by atoms with E-state index in [-0.39, 0.29) is 0 Å². The van der Waals surface area contributed by atoms with E-state index in [1.807, 2.05) is 26.2 Å². The lowest BCUT2D eigenvalue weighted by molar-refractivity contribution is 0.339. The van der Waals surface area contributed by atoms with Crippen molar-refractivity contribution in [3.63, 3.8) is 0 Å². The molecular weight excluding hydrogens is 224 g/mol. The molecule has 1 aromatic carbocycles. The molecule has 0 radical (unpaired) electrons. The average Bonchev–Trinajstić information content (AvgIpc) is 2.40. The monoisotopic (exact) mass is 242 g/mol. The van der Waals surface area contributed by atoms with Crippen LogP contribution in [0.4, 0.5) is 0 Å². The van der Waals surface area contributed by atoms with Gasteiger partial charge in [-0.05, 0) is 37.2 Å². The third-order valence-corrected chi connectivity index (χ3v) is 2.67. The van der Waals surface area contributed by atoms with Crippen LogP contribution in [0.3, 0.4) is 0 Å². The maximum atomic E-state index is 5.47. The SMILES string of the molecule is CCOc1cncc(-c2cccc(CNC)c2)c1. The van der Waals surface area contributed by atoms with Crippen LogP contribution >= 0.6 is 0 Å². The Kier molecular flexibility index (Phi) is 4.31. The number of hydrogen-bond acceptors (Lipinski definition) is 3. The lowest BCUT2D eigenvalue weighted by Gasteiger charge is -2.07. The summed E-state index contributed by atoms with van der Waals surface area (Å²) in [5.41, 5.74) is 3.51. The first-order chi connectivity index (χ1) is 8.83. The molecular formula is C15H18N2O. The van der Waals surface area contributed by atoms with Crippen molar-refractivity contribution in [2.24, 2.45) is 0 Å². The minimum Gasteiger partial charge on any atom is -0.492 e. The number of hydrogen-bond donors (Lipinski definition) is 1. The highest BCUT2D eigenvalue weighted by atomic mass is 16.5. The van der Waals surface area contributed by atoms with Gasteiger partial charge in [0, 0.05) is 18.3 Å². The van der Waals surface area contributed by atoms with Crippen LogP contribution in [-0.4, -0.2) is 18.6 Å². The lowest BCUT2D eigenvalue weighted by Crippen LogP contribution is -2.04. The van der Waals surface area contributed by atoms with E-state index in [1.54, 1.807) is 6.20 Å². The zero-order valence-electron chi connectivity index (χ0n) is 10.8. The van der Waals surface area contributed by atoms with Gasteiger partial charge in [-0.2, -0.15) is 0 Å². The van der Waals surface area contributed by atoms with Crippen molar-refractivity contribution in [3.05, 3.63) is 48.3 Å². The molecule has 3 nitrogen and oxygen atoms in total. The average molecular weight is 242 g/mol. The van der Waals surface area contributed by atoms with Gasteiger partial charge < -0.3 is 10.1 Å². The Morgan fingerprint density at radius 3 is 2.83 bits per heavy atom. The van der Waals surface area contributed by atoms with Crippen LogP contribution in [0.15, 0.2) is 42.7 Å². The summed E-state index contributed by atoms with van der Waals surface area (Å²) in [6, 6.07) is 10.5. The number of nitrogens with one attached hydrogen (secondary N) is 1. The summed E-state index contributed by atoms with van der Waals surface area (Å²) in [4.78, 5) is 4.21. The zero-order valence-corrected chi connectivity index (χ0v) is 10.8. The first-order valence-corrected chi connectivity index (χ1v) is 6.15. The van der Waals surface area contributed by atoms with Crippen molar-refractivity contribution in [1.82, 2.24) is 10.3 Å². The van der Waals surface area contributed by atoms with Crippen molar-refractivity contribution in [1.29, 1.82) is 0 Å². The fourth-order valence-electron chi connectivity index (χ4n) is 1.89. The standard InChI is InChI=1S/C15H18N2O/c1-3-18-15-8-14(10-17-11-15)13-6-4-5-12(7-13)9-16-2/h4-8,10-11,16H,3,9H2,1-2H3. The van der Waals surface area contributed by atoms with Crippen LogP contribution in [0.2, 0.25) is 0 Å². The van der Waals surface area contributed by atoms with Gasteiger partial charge in [0.05, 0.1) is 12.8 Å². The fourth-order valence-corrected chi connectivity index (χ4v) is 1.89. The van der Waals surface area contributed by atoms with Gasteiger partial charge >= 0.3 is 0 Å². The van der Waals surface area contributed by atoms with Crippen LogP contribution in [0.25, 0.3) is 11.1 Å². The Bertz CT molecular complexity index is 464. The zero-order chi connectivity index (χ0) is 12.8. The van der Waals surface area contributed by atoms with Crippen molar-refractivity contribution in [2.45, 2.75) is 13.5 Å². The smallest absolute Gasteiger partial charge is 0.138 e. The highest BCUT2D eigenvalue weighted by Gasteiger charge is 2.01. The molecule has 0 atom stereocenters. The van der Waals surface area contributed by atoms with Crippen LogP contribution in [0.5, 0.6) is 5.75 Å². The summed E-state index contributed by atoms with van der Waals surface area (Å²) < 4.78 is 5.47. The summed E-state index contributed by atoms with van der Waals surface area (Å²) in [6.45, 7) is 3.50. The maximum absolute atomic E-state index is 5.47. The Morgan fingerprint density at radius 2 is 2.06 bits per heavy atom. The molecule has 0 bridgehead atoms. The van der Waals surface area contributed by atoms with Gasteiger partial charge in [0.1, 0.15) is 5.75 Å². The van der Waals surface area contributed by atoms with E-state index in [0.29, 0.717) is 6.61 Å². The van der Waals surface area contributed by atoms with E-state index in [1.165, 1.54) is 5.56 Å². The van der Waals surface area contributed by atoms with Crippen molar-refractivity contribution in [3.8, 4) is 16.9 Å². The molecule has 0 aliphatic carbocycles. The van der Waals surface area contributed by atoms with Crippen molar-refractivity contribution >= 4 is 0 Å². The Hall–Kier alpha value is -1.87. The fraction of sp³-hybridized carbons (Fsp3) is 0.267. The second kappa shape index (κ2) is 6.17. The molecule has 0 unspecified atom stereocenters. The molecule has 3 heteroatoms. The van der Waals surface area contributed by atoms with Crippen LogP contribution in [-0.2, 0) is 6.54 Å². The lowest BCUT2D eigenvalue weighted by atomic mass is 10.0. The second-order valence-corrected chi connectivity index (χ2v) is 4.07. The summed E-state index contributed by atoms with van der Waals surface area (Å²) in [5, 5.41) is 3.15. The number of benzene rings is 1. The third kappa shape index (κ3) is 3.08. The minimum absolute atomic E-state index is 0.658. The summed E-state index contributed by atoms with van der Waals surface area (Å²) >= 11 is 0. The van der Waals surface area contributed by atoms with E-state index in [0.717, 1.165) is 23.4 Å². The van der Waals surface area contributed by atoms with E-state index in [9.17, 15) is 0 Å². The number of pyridine rings is 1. The predicted octanol–water partition coefficient (Wildman–Crippen LogP) is 2.87. The molecule has 0 saturated carbocycles. The van der Waals surface area contributed by atoms with E-state index in [4.69, 9.17) is 4.74 Å². The molecule has 0 spiro atoms. The largest absolute Gasteiger partial charge is 0.492 e. The Labute approximate surface area is 108 Å². The second-order valence-electron chi connectivity index (χ2n) is 4.07. The van der Waals surface area contributed by atoms with E-state index >= 15 is 0 Å². The molecule has 0 amide bonds. The molecule has 94 valence electrons. The molecule has 1 N–H and O–H groups in total.